The zero-order chi connectivity index (χ0) is 12.7. The number of amides is 2. The van der Waals surface area contributed by atoms with Crippen molar-refractivity contribution in [2.24, 2.45) is 0 Å². The maximum Gasteiger partial charge on any atom is 0.253 e. The second-order valence-corrected chi connectivity index (χ2v) is 6.83. The lowest BCUT2D eigenvalue weighted by molar-refractivity contribution is -0.138. The van der Waals surface area contributed by atoms with Crippen molar-refractivity contribution >= 4 is 33.4 Å². The fourth-order valence-electron chi connectivity index (χ4n) is 1.11. The van der Waals surface area contributed by atoms with Crippen molar-refractivity contribution in [1.29, 1.82) is 0 Å². The molecule has 0 saturated heterocycles. The Labute approximate surface area is 105 Å². The van der Waals surface area contributed by atoms with Crippen LogP contribution in [0.1, 0.15) is 27.7 Å². The van der Waals surface area contributed by atoms with Crippen LogP contribution in [0.2, 0.25) is 0 Å². The SMILES string of the molecule is CC(C)N1C(=O)C=CC1=O.CSSC(C)C. The first kappa shape index (κ1) is 15.6. The highest BCUT2D eigenvalue weighted by Gasteiger charge is 2.25. The molecule has 0 aliphatic carbocycles. The third-order valence-electron chi connectivity index (χ3n) is 1.65. The normalized spacial score (nSPS) is 14.8. The van der Waals surface area contributed by atoms with Gasteiger partial charge in [0.25, 0.3) is 11.8 Å². The van der Waals surface area contributed by atoms with Crippen LogP contribution in [0, 0.1) is 0 Å². The standard InChI is InChI=1S/C7H9NO2.C4H10S2/c1-5(2)8-6(9)3-4-7(8)10;1-4(2)6-5-3/h3-5H,1-2H3;4H,1-3H3. The molecule has 1 aliphatic rings. The molecule has 0 aromatic rings. The minimum absolute atomic E-state index is 0.0324. The summed E-state index contributed by atoms with van der Waals surface area (Å²) in [7, 11) is 3.73. The van der Waals surface area contributed by atoms with Crippen LogP contribution in [0.3, 0.4) is 0 Å². The molecular formula is C11H19NO2S2. The van der Waals surface area contributed by atoms with Crippen LogP contribution < -0.4 is 0 Å². The van der Waals surface area contributed by atoms with Gasteiger partial charge in [-0.3, -0.25) is 14.5 Å². The van der Waals surface area contributed by atoms with E-state index in [-0.39, 0.29) is 17.9 Å². The van der Waals surface area contributed by atoms with Gasteiger partial charge in [0.1, 0.15) is 0 Å². The molecule has 2 amide bonds. The van der Waals surface area contributed by atoms with Crippen LogP contribution in [-0.2, 0) is 9.59 Å². The molecule has 0 spiro atoms. The summed E-state index contributed by atoms with van der Waals surface area (Å²) in [4.78, 5) is 22.9. The average Bonchev–Trinajstić information content (AvgIpc) is 2.46. The van der Waals surface area contributed by atoms with E-state index in [9.17, 15) is 9.59 Å². The lowest BCUT2D eigenvalue weighted by atomic mass is 10.3. The highest BCUT2D eigenvalue weighted by molar-refractivity contribution is 8.76. The van der Waals surface area contributed by atoms with Crippen LogP contribution in [-0.4, -0.2) is 34.3 Å². The second kappa shape index (κ2) is 7.79. The van der Waals surface area contributed by atoms with Gasteiger partial charge in [-0.05, 0) is 20.1 Å². The minimum atomic E-state index is -0.208. The van der Waals surface area contributed by atoms with E-state index >= 15 is 0 Å². The predicted molar refractivity (Wildman–Crippen MR) is 72.4 cm³/mol. The van der Waals surface area contributed by atoms with E-state index in [2.05, 4.69) is 20.1 Å². The van der Waals surface area contributed by atoms with Gasteiger partial charge in [0, 0.05) is 23.4 Å². The first-order chi connectivity index (χ1) is 7.40. The Balaban J connectivity index is 0.000000325. The van der Waals surface area contributed by atoms with Crippen molar-refractivity contribution in [3.63, 3.8) is 0 Å². The summed E-state index contributed by atoms with van der Waals surface area (Å²) in [5.41, 5.74) is 0. The molecule has 1 aliphatic heterocycles. The zero-order valence-electron chi connectivity index (χ0n) is 10.4. The molecule has 3 nitrogen and oxygen atoms in total. The molecule has 0 unspecified atom stereocenters. The highest BCUT2D eigenvalue weighted by atomic mass is 33.1. The molecule has 0 aromatic carbocycles. The topological polar surface area (TPSA) is 37.4 Å². The molecule has 1 rings (SSSR count). The van der Waals surface area contributed by atoms with E-state index in [1.165, 1.54) is 17.1 Å². The summed E-state index contributed by atoms with van der Waals surface area (Å²) >= 11 is 0. The molecule has 16 heavy (non-hydrogen) atoms. The highest BCUT2D eigenvalue weighted by Crippen LogP contribution is 2.21. The molecular weight excluding hydrogens is 242 g/mol. The third-order valence-corrected chi connectivity index (χ3v) is 3.96. The van der Waals surface area contributed by atoms with Gasteiger partial charge in [-0.2, -0.15) is 0 Å². The quantitative estimate of drug-likeness (QED) is 0.578. The lowest BCUT2D eigenvalue weighted by Crippen LogP contribution is -2.36. The smallest absolute Gasteiger partial charge is 0.253 e. The fourth-order valence-corrected chi connectivity index (χ4v) is 2.65. The molecule has 0 N–H and O–H groups in total. The Bertz CT molecular complexity index is 257. The summed E-state index contributed by atoms with van der Waals surface area (Å²) in [5.74, 6) is -0.417. The van der Waals surface area contributed by atoms with E-state index in [1.54, 1.807) is 0 Å². The van der Waals surface area contributed by atoms with E-state index in [4.69, 9.17) is 0 Å². The lowest BCUT2D eigenvalue weighted by Gasteiger charge is -2.17. The van der Waals surface area contributed by atoms with Crippen molar-refractivity contribution in [1.82, 2.24) is 4.90 Å². The van der Waals surface area contributed by atoms with E-state index < -0.39 is 0 Å². The van der Waals surface area contributed by atoms with Crippen LogP contribution in [0.25, 0.3) is 0 Å². The Morgan fingerprint density at radius 1 is 1.06 bits per heavy atom. The number of nitrogens with zero attached hydrogens (tertiary/aromatic N) is 1. The van der Waals surface area contributed by atoms with Gasteiger partial charge >= 0.3 is 0 Å². The van der Waals surface area contributed by atoms with Gasteiger partial charge in [-0.1, -0.05) is 35.4 Å². The molecule has 0 bridgehead atoms. The van der Waals surface area contributed by atoms with Crippen molar-refractivity contribution in [3.05, 3.63) is 12.2 Å². The largest absolute Gasteiger partial charge is 0.273 e. The van der Waals surface area contributed by atoms with Crippen molar-refractivity contribution in [2.45, 2.75) is 39.0 Å². The number of imide groups is 1. The predicted octanol–water partition coefficient (Wildman–Crippen LogP) is 2.73. The van der Waals surface area contributed by atoms with Crippen LogP contribution in [0.4, 0.5) is 0 Å². The summed E-state index contributed by atoms with van der Waals surface area (Å²) in [6, 6.07) is -0.0324. The number of rotatable bonds is 3. The number of carbonyl (C=O) groups excluding carboxylic acids is 2. The molecule has 0 saturated carbocycles. The number of hydrogen-bond acceptors (Lipinski definition) is 4. The van der Waals surface area contributed by atoms with Crippen LogP contribution >= 0.6 is 21.6 Å². The number of hydrogen-bond donors (Lipinski definition) is 0. The Hall–Kier alpha value is -0.420. The maximum absolute atomic E-state index is 10.8. The van der Waals surface area contributed by atoms with Crippen LogP contribution in [0.5, 0.6) is 0 Å². The Morgan fingerprint density at radius 3 is 1.62 bits per heavy atom. The molecule has 92 valence electrons. The monoisotopic (exact) mass is 261 g/mol. The molecule has 5 heteroatoms. The van der Waals surface area contributed by atoms with E-state index in [0.717, 1.165) is 5.25 Å². The van der Waals surface area contributed by atoms with Crippen molar-refractivity contribution in [3.8, 4) is 0 Å². The van der Waals surface area contributed by atoms with Crippen LogP contribution in [0.15, 0.2) is 12.2 Å². The second-order valence-electron chi connectivity index (χ2n) is 3.79. The third kappa shape index (κ3) is 5.61. The molecule has 0 aromatic heterocycles. The minimum Gasteiger partial charge on any atom is -0.273 e. The summed E-state index contributed by atoms with van der Waals surface area (Å²) < 4.78 is 0. The first-order valence-electron chi connectivity index (χ1n) is 5.14. The molecule has 0 fully saturated rings. The summed E-state index contributed by atoms with van der Waals surface area (Å²) in [5, 5.41) is 0.778. The maximum atomic E-state index is 10.8. The van der Waals surface area contributed by atoms with E-state index in [0.29, 0.717) is 0 Å². The Kier molecular flexibility index (Phi) is 7.58. The van der Waals surface area contributed by atoms with Gasteiger partial charge in [0.15, 0.2) is 0 Å². The van der Waals surface area contributed by atoms with E-state index in [1.807, 2.05) is 35.4 Å². The van der Waals surface area contributed by atoms with Gasteiger partial charge in [0.05, 0.1) is 0 Å². The van der Waals surface area contributed by atoms with Gasteiger partial charge in [-0.15, -0.1) is 0 Å². The Morgan fingerprint density at radius 2 is 1.50 bits per heavy atom. The molecule has 0 radical (unpaired) electrons. The zero-order valence-corrected chi connectivity index (χ0v) is 12.0. The van der Waals surface area contributed by atoms with Gasteiger partial charge < -0.3 is 0 Å². The van der Waals surface area contributed by atoms with Gasteiger partial charge in [0.2, 0.25) is 0 Å². The summed E-state index contributed by atoms with van der Waals surface area (Å²) in [6.45, 7) is 8.01. The fraction of sp³-hybridized carbons (Fsp3) is 0.636. The summed E-state index contributed by atoms with van der Waals surface area (Å²) in [6.07, 6.45) is 4.69. The van der Waals surface area contributed by atoms with Gasteiger partial charge in [-0.25, -0.2) is 0 Å². The van der Waals surface area contributed by atoms with Crippen molar-refractivity contribution < 1.29 is 9.59 Å². The molecule has 1 heterocycles. The molecule has 0 atom stereocenters. The average molecular weight is 261 g/mol. The number of carbonyl (C=O) groups is 2. The first-order valence-corrected chi connectivity index (χ1v) is 7.77. The van der Waals surface area contributed by atoms with Crippen molar-refractivity contribution in [2.75, 3.05) is 6.26 Å².